The van der Waals surface area contributed by atoms with Crippen LogP contribution in [0.4, 0.5) is 0 Å². The topological polar surface area (TPSA) is 20.2 Å². The Hall–Kier alpha value is -0.300. The van der Waals surface area contributed by atoms with Crippen LogP contribution in [0.5, 0.6) is 0 Å². The number of aliphatic hydroxyl groups excluding tert-OH is 1. The van der Waals surface area contributed by atoms with E-state index in [0.717, 1.165) is 23.7 Å². The molecule has 0 unspecified atom stereocenters. The fourth-order valence-corrected chi connectivity index (χ4v) is 3.46. The van der Waals surface area contributed by atoms with Crippen molar-refractivity contribution in [2.45, 2.75) is 12.8 Å². The first-order chi connectivity index (χ1) is 5.40. The summed E-state index contributed by atoms with van der Waals surface area (Å²) in [6.45, 7) is 0.429. The van der Waals surface area contributed by atoms with Crippen LogP contribution in [-0.4, -0.2) is 11.7 Å². The molecule has 2 fully saturated rings. The van der Waals surface area contributed by atoms with Crippen LogP contribution in [0.25, 0.3) is 0 Å². The van der Waals surface area contributed by atoms with Gasteiger partial charge in [0.2, 0.25) is 0 Å². The van der Waals surface area contributed by atoms with E-state index in [1.165, 1.54) is 12.8 Å². The fourth-order valence-electron chi connectivity index (χ4n) is 3.46. The Morgan fingerprint density at radius 3 is 2.55 bits per heavy atom. The molecule has 0 spiro atoms. The van der Waals surface area contributed by atoms with E-state index in [1.807, 2.05) is 0 Å². The highest BCUT2D eigenvalue weighted by molar-refractivity contribution is 5.20. The van der Waals surface area contributed by atoms with Crippen molar-refractivity contribution in [2.75, 3.05) is 6.61 Å². The van der Waals surface area contributed by atoms with E-state index >= 15 is 0 Å². The minimum absolute atomic E-state index is 0.429. The molecule has 60 valence electrons. The molecule has 0 aromatic carbocycles. The van der Waals surface area contributed by atoms with E-state index in [2.05, 4.69) is 12.2 Å². The maximum absolute atomic E-state index is 9.09. The molecule has 0 aromatic heterocycles. The second-order valence-electron chi connectivity index (χ2n) is 4.38. The van der Waals surface area contributed by atoms with Gasteiger partial charge < -0.3 is 5.11 Å². The number of aliphatic hydroxyl groups is 1. The summed E-state index contributed by atoms with van der Waals surface area (Å²) >= 11 is 0. The van der Waals surface area contributed by atoms with Crippen LogP contribution in [0.15, 0.2) is 12.2 Å². The molecule has 3 aliphatic rings. The van der Waals surface area contributed by atoms with Gasteiger partial charge in [0.25, 0.3) is 0 Å². The summed E-state index contributed by atoms with van der Waals surface area (Å²) in [6.07, 6.45) is 7.43. The van der Waals surface area contributed by atoms with E-state index in [4.69, 9.17) is 5.11 Å². The molecular weight excluding hydrogens is 136 g/mol. The van der Waals surface area contributed by atoms with Crippen molar-refractivity contribution in [1.29, 1.82) is 0 Å². The summed E-state index contributed by atoms with van der Waals surface area (Å²) in [5, 5.41) is 9.09. The molecule has 1 heteroatoms. The van der Waals surface area contributed by atoms with Crippen LogP contribution in [0.2, 0.25) is 0 Å². The normalized spacial score (nSPS) is 57.7. The molecule has 3 aliphatic carbocycles. The quantitative estimate of drug-likeness (QED) is 0.561. The molecule has 1 N–H and O–H groups in total. The Balaban J connectivity index is 1.88. The average Bonchev–Trinajstić information content (AvgIpc) is 2.38. The Morgan fingerprint density at radius 2 is 2.00 bits per heavy atom. The Bertz CT molecular complexity index is 209. The largest absolute Gasteiger partial charge is 0.396 e. The maximum atomic E-state index is 9.09. The molecule has 5 atom stereocenters. The average molecular weight is 150 g/mol. The smallest absolute Gasteiger partial charge is 0.0462 e. The zero-order valence-corrected chi connectivity index (χ0v) is 6.61. The van der Waals surface area contributed by atoms with Crippen LogP contribution in [-0.2, 0) is 0 Å². The Morgan fingerprint density at radius 1 is 1.18 bits per heavy atom. The molecule has 2 saturated carbocycles. The van der Waals surface area contributed by atoms with Crippen molar-refractivity contribution >= 4 is 0 Å². The van der Waals surface area contributed by atoms with Gasteiger partial charge in [-0.15, -0.1) is 0 Å². The van der Waals surface area contributed by atoms with Crippen LogP contribution < -0.4 is 0 Å². The monoisotopic (exact) mass is 150 g/mol. The highest BCUT2D eigenvalue weighted by atomic mass is 16.3. The minimum atomic E-state index is 0.429. The molecular formula is C10H14O. The zero-order valence-electron chi connectivity index (χ0n) is 6.61. The number of allylic oxidation sites excluding steroid dienone is 2. The van der Waals surface area contributed by atoms with Crippen LogP contribution in [0.1, 0.15) is 12.8 Å². The molecule has 0 amide bonds. The predicted molar refractivity (Wildman–Crippen MR) is 42.9 cm³/mol. The predicted octanol–water partition coefficient (Wildman–Crippen LogP) is 1.44. The van der Waals surface area contributed by atoms with E-state index in [-0.39, 0.29) is 0 Å². The van der Waals surface area contributed by atoms with Crippen LogP contribution in [0.3, 0.4) is 0 Å². The summed E-state index contributed by atoms with van der Waals surface area (Å²) in [4.78, 5) is 0. The van der Waals surface area contributed by atoms with Crippen molar-refractivity contribution < 1.29 is 5.11 Å². The minimum Gasteiger partial charge on any atom is -0.396 e. The van der Waals surface area contributed by atoms with Crippen molar-refractivity contribution in [2.24, 2.45) is 29.6 Å². The molecule has 0 radical (unpaired) electrons. The second kappa shape index (κ2) is 1.89. The highest BCUT2D eigenvalue weighted by Crippen LogP contribution is 2.59. The first-order valence-corrected chi connectivity index (χ1v) is 4.69. The number of hydrogen-bond donors (Lipinski definition) is 1. The van der Waals surface area contributed by atoms with Crippen LogP contribution >= 0.6 is 0 Å². The summed E-state index contributed by atoms with van der Waals surface area (Å²) in [5.41, 5.74) is 0. The molecule has 11 heavy (non-hydrogen) atoms. The first-order valence-electron chi connectivity index (χ1n) is 4.69. The van der Waals surface area contributed by atoms with Gasteiger partial charge in [-0.1, -0.05) is 12.2 Å². The lowest BCUT2D eigenvalue weighted by atomic mass is 9.68. The van der Waals surface area contributed by atoms with Crippen molar-refractivity contribution in [1.82, 2.24) is 0 Å². The number of fused-ring (bicyclic) bond motifs is 5. The molecule has 2 bridgehead atoms. The van der Waals surface area contributed by atoms with Gasteiger partial charge in [-0.25, -0.2) is 0 Å². The van der Waals surface area contributed by atoms with Gasteiger partial charge in [-0.2, -0.15) is 0 Å². The lowest BCUT2D eigenvalue weighted by Crippen LogP contribution is -2.32. The fraction of sp³-hybridized carbons (Fsp3) is 0.800. The molecule has 0 aliphatic heterocycles. The van der Waals surface area contributed by atoms with Crippen molar-refractivity contribution in [3.8, 4) is 0 Å². The first kappa shape index (κ1) is 6.24. The molecule has 1 nitrogen and oxygen atoms in total. The van der Waals surface area contributed by atoms with E-state index in [0.29, 0.717) is 12.5 Å². The zero-order chi connectivity index (χ0) is 7.42. The van der Waals surface area contributed by atoms with Crippen molar-refractivity contribution in [3.05, 3.63) is 12.2 Å². The van der Waals surface area contributed by atoms with Crippen LogP contribution in [0, 0.1) is 29.6 Å². The lowest BCUT2D eigenvalue weighted by molar-refractivity contribution is 0.130. The summed E-state index contributed by atoms with van der Waals surface area (Å²) < 4.78 is 0. The van der Waals surface area contributed by atoms with Crippen molar-refractivity contribution in [3.63, 3.8) is 0 Å². The van der Waals surface area contributed by atoms with Gasteiger partial charge in [0.1, 0.15) is 0 Å². The van der Waals surface area contributed by atoms with Gasteiger partial charge in [0, 0.05) is 6.61 Å². The third-order valence-electron chi connectivity index (χ3n) is 4.06. The number of rotatable bonds is 1. The van der Waals surface area contributed by atoms with Gasteiger partial charge in [0.05, 0.1) is 0 Å². The van der Waals surface area contributed by atoms with Gasteiger partial charge in [-0.05, 0) is 42.4 Å². The molecule has 3 rings (SSSR count). The summed E-state index contributed by atoms with van der Waals surface area (Å²) in [5.74, 6) is 4.21. The summed E-state index contributed by atoms with van der Waals surface area (Å²) in [7, 11) is 0. The molecule has 0 aromatic rings. The van der Waals surface area contributed by atoms with Gasteiger partial charge in [-0.3, -0.25) is 0 Å². The van der Waals surface area contributed by atoms with Gasteiger partial charge >= 0.3 is 0 Å². The molecule has 0 saturated heterocycles. The molecule has 0 heterocycles. The maximum Gasteiger partial charge on any atom is 0.0462 e. The van der Waals surface area contributed by atoms with E-state index in [9.17, 15) is 0 Å². The standard InChI is InChI=1S/C10H14O/c11-5-7-3-6-4-10(7)9-2-1-8(6)9/h1-2,6-11H,3-5H2/t6-,7-,8+,9-,10-/m1/s1. The number of hydrogen-bond acceptors (Lipinski definition) is 1. The Kier molecular flexibility index (Phi) is 1.07. The SMILES string of the molecule is OC[C@H]1C[C@@H]2C[C@H]1[C@@H]1C=C[C@@H]21. The van der Waals surface area contributed by atoms with E-state index in [1.54, 1.807) is 0 Å². The third kappa shape index (κ3) is 0.610. The third-order valence-corrected chi connectivity index (χ3v) is 4.06. The van der Waals surface area contributed by atoms with E-state index < -0.39 is 0 Å². The lowest BCUT2D eigenvalue weighted by Gasteiger charge is -2.37. The highest BCUT2D eigenvalue weighted by Gasteiger charge is 2.52. The van der Waals surface area contributed by atoms with Gasteiger partial charge in [0.15, 0.2) is 0 Å². The Labute approximate surface area is 67.1 Å². The second-order valence-corrected chi connectivity index (χ2v) is 4.38. The summed E-state index contributed by atoms with van der Waals surface area (Å²) in [6, 6.07) is 0.